The third-order valence-corrected chi connectivity index (χ3v) is 7.47. The molecule has 0 N–H and O–H groups in total. The molecule has 4 rings (SSSR count). The molecule has 0 radical (unpaired) electrons. The molecule has 26 heavy (non-hydrogen) atoms. The van der Waals surface area contributed by atoms with Crippen LogP contribution < -0.4 is 0 Å². The maximum atomic E-state index is 12.2. The fourth-order valence-electron chi connectivity index (χ4n) is 4.39. The summed E-state index contributed by atoms with van der Waals surface area (Å²) in [5.74, 6) is 0.549. The van der Waals surface area contributed by atoms with Gasteiger partial charge in [-0.05, 0) is 49.7 Å². The first kappa shape index (κ1) is 17.7. The summed E-state index contributed by atoms with van der Waals surface area (Å²) in [4.78, 5) is 4.57. The first-order chi connectivity index (χ1) is 12.3. The highest BCUT2D eigenvalue weighted by Gasteiger charge is 2.45. The second-order valence-electron chi connectivity index (χ2n) is 7.69. The second kappa shape index (κ2) is 6.48. The Kier molecular flexibility index (Phi) is 4.41. The van der Waals surface area contributed by atoms with E-state index >= 15 is 0 Å². The smallest absolute Gasteiger partial charge is 0.153 e. The van der Waals surface area contributed by atoms with E-state index in [-0.39, 0.29) is 23.6 Å². The third kappa shape index (κ3) is 3.19. The summed E-state index contributed by atoms with van der Waals surface area (Å²) in [6, 6.07) is 6.46. The van der Waals surface area contributed by atoms with Gasteiger partial charge in [0.15, 0.2) is 9.84 Å². The number of aryl methyl sites for hydroxylation is 2. The van der Waals surface area contributed by atoms with Crippen molar-refractivity contribution >= 4 is 9.84 Å². The van der Waals surface area contributed by atoms with Gasteiger partial charge in [-0.15, -0.1) is 0 Å². The van der Waals surface area contributed by atoms with Crippen LogP contribution in [0.4, 0.5) is 0 Å². The summed E-state index contributed by atoms with van der Waals surface area (Å²) in [6.07, 6.45) is 3.75. The molecule has 2 fully saturated rings. The largest absolute Gasteiger partial charge is 0.300 e. The zero-order valence-electron chi connectivity index (χ0n) is 15.6. The lowest BCUT2D eigenvalue weighted by atomic mass is 9.99. The number of sulfone groups is 1. The van der Waals surface area contributed by atoms with E-state index in [4.69, 9.17) is 0 Å². The van der Waals surface area contributed by atoms with Crippen LogP contribution in [0, 0.1) is 13.8 Å². The predicted octanol–water partition coefficient (Wildman–Crippen LogP) is 1.40. The summed E-state index contributed by atoms with van der Waals surface area (Å²) in [5, 5.41) is 4.42. The molecule has 0 saturated carbocycles. The Hall–Kier alpha value is -1.70. The van der Waals surface area contributed by atoms with Crippen LogP contribution in [0.3, 0.4) is 0 Å². The topological polar surface area (TPSA) is 58.4 Å². The quantitative estimate of drug-likeness (QED) is 0.813. The van der Waals surface area contributed by atoms with Crippen molar-refractivity contribution in [1.29, 1.82) is 0 Å². The molecule has 2 atom stereocenters. The van der Waals surface area contributed by atoms with E-state index in [0.29, 0.717) is 0 Å². The Labute approximate surface area is 155 Å². The molecule has 0 bridgehead atoms. The summed E-state index contributed by atoms with van der Waals surface area (Å²) >= 11 is 0. The van der Waals surface area contributed by atoms with Gasteiger partial charge in [-0.1, -0.05) is 6.07 Å². The van der Waals surface area contributed by atoms with Crippen molar-refractivity contribution in [3.8, 4) is 5.69 Å². The zero-order valence-corrected chi connectivity index (χ0v) is 16.4. The van der Waals surface area contributed by atoms with Crippen molar-refractivity contribution in [2.45, 2.75) is 32.5 Å². The molecule has 0 spiro atoms. The van der Waals surface area contributed by atoms with Gasteiger partial charge in [0.2, 0.25) is 0 Å². The van der Waals surface area contributed by atoms with E-state index in [0.717, 1.165) is 25.3 Å². The Morgan fingerprint density at radius 1 is 1.15 bits per heavy atom. The van der Waals surface area contributed by atoms with Crippen molar-refractivity contribution in [2.24, 2.45) is 0 Å². The monoisotopic (exact) mass is 374 g/mol. The number of aromatic nitrogens is 2. The van der Waals surface area contributed by atoms with E-state index < -0.39 is 9.84 Å². The average molecular weight is 375 g/mol. The van der Waals surface area contributed by atoms with Crippen LogP contribution in [0.2, 0.25) is 0 Å². The molecule has 1 aromatic carbocycles. The highest BCUT2D eigenvalue weighted by Crippen LogP contribution is 2.29. The van der Waals surface area contributed by atoms with Crippen LogP contribution in [-0.2, 0) is 16.4 Å². The number of piperazine rings is 1. The van der Waals surface area contributed by atoms with E-state index in [1.807, 2.05) is 24.0 Å². The number of rotatable bonds is 3. The van der Waals surface area contributed by atoms with Gasteiger partial charge in [-0.3, -0.25) is 9.80 Å². The van der Waals surface area contributed by atoms with Gasteiger partial charge in [0.1, 0.15) is 0 Å². The van der Waals surface area contributed by atoms with Crippen molar-refractivity contribution in [3.05, 3.63) is 47.3 Å². The number of fused-ring (bicyclic) bond motifs is 1. The molecule has 0 amide bonds. The van der Waals surface area contributed by atoms with Gasteiger partial charge in [0.05, 0.1) is 17.2 Å². The van der Waals surface area contributed by atoms with E-state index in [9.17, 15) is 8.42 Å². The zero-order chi connectivity index (χ0) is 18.5. The number of benzene rings is 1. The van der Waals surface area contributed by atoms with Crippen LogP contribution in [0.5, 0.6) is 0 Å². The molecule has 3 heterocycles. The third-order valence-electron chi connectivity index (χ3n) is 5.77. The normalized spacial score (nSPS) is 26.1. The minimum absolute atomic E-state index is 0.0740. The Balaban J connectivity index is 1.69. The van der Waals surface area contributed by atoms with Gasteiger partial charge < -0.3 is 0 Å². The highest BCUT2D eigenvalue weighted by molar-refractivity contribution is 7.91. The van der Waals surface area contributed by atoms with Crippen LogP contribution in [0.15, 0.2) is 30.6 Å². The molecule has 6 nitrogen and oxygen atoms in total. The van der Waals surface area contributed by atoms with Crippen LogP contribution >= 0.6 is 0 Å². The average Bonchev–Trinajstić information content (AvgIpc) is 3.19. The van der Waals surface area contributed by atoms with Crippen LogP contribution in [-0.4, -0.2) is 71.7 Å². The fraction of sp³-hybridized carbons (Fsp3) is 0.526. The summed E-state index contributed by atoms with van der Waals surface area (Å²) < 4.78 is 26.4. The molecule has 0 aliphatic carbocycles. The number of hydrogen-bond donors (Lipinski definition) is 0. The first-order valence-corrected chi connectivity index (χ1v) is 10.9. The van der Waals surface area contributed by atoms with Crippen molar-refractivity contribution in [1.82, 2.24) is 19.6 Å². The molecule has 0 unspecified atom stereocenters. The Bertz CT molecular complexity index is 908. The molecule has 2 aliphatic heterocycles. The molecule has 140 valence electrons. The summed E-state index contributed by atoms with van der Waals surface area (Å²) in [5.41, 5.74) is 4.75. The Morgan fingerprint density at radius 2 is 1.92 bits per heavy atom. The molecular weight excluding hydrogens is 348 g/mol. The van der Waals surface area contributed by atoms with Gasteiger partial charge >= 0.3 is 0 Å². The molecule has 2 aliphatic rings. The fourth-order valence-corrected chi connectivity index (χ4v) is 6.48. The second-order valence-corrected chi connectivity index (χ2v) is 9.85. The van der Waals surface area contributed by atoms with Crippen molar-refractivity contribution in [3.63, 3.8) is 0 Å². The minimum atomic E-state index is -2.96. The van der Waals surface area contributed by atoms with Gasteiger partial charge in [0.25, 0.3) is 0 Å². The number of likely N-dealkylation sites (N-methyl/N-ethyl adjacent to an activating group) is 1. The van der Waals surface area contributed by atoms with Crippen molar-refractivity contribution in [2.75, 3.05) is 31.6 Å². The maximum Gasteiger partial charge on any atom is 0.153 e. The Morgan fingerprint density at radius 3 is 2.65 bits per heavy atom. The summed E-state index contributed by atoms with van der Waals surface area (Å²) in [7, 11) is -0.914. The van der Waals surface area contributed by atoms with E-state index in [1.54, 1.807) is 6.20 Å². The van der Waals surface area contributed by atoms with Gasteiger partial charge in [-0.2, -0.15) is 5.10 Å². The summed E-state index contributed by atoms with van der Waals surface area (Å²) in [6.45, 7) is 6.77. The van der Waals surface area contributed by atoms with E-state index in [2.05, 4.69) is 40.9 Å². The van der Waals surface area contributed by atoms with E-state index in [1.165, 1.54) is 16.7 Å². The van der Waals surface area contributed by atoms with Gasteiger partial charge in [0, 0.05) is 44.1 Å². The number of nitrogens with zero attached hydrogens (tertiary/aromatic N) is 4. The van der Waals surface area contributed by atoms with Crippen LogP contribution in [0.25, 0.3) is 5.69 Å². The van der Waals surface area contributed by atoms with Crippen molar-refractivity contribution < 1.29 is 8.42 Å². The lowest BCUT2D eigenvalue weighted by Crippen LogP contribution is -2.57. The molecular formula is C19H26N4O2S. The maximum absolute atomic E-state index is 12.2. The molecule has 2 aromatic rings. The number of hydrogen-bond acceptors (Lipinski definition) is 5. The molecule has 7 heteroatoms. The predicted molar refractivity (Wildman–Crippen MR) is 102 cm³/mol. The SMILES string of the molecule is Cc1cc(C)c(CN2CCN(C)[C@@H]3CS(=O)(=O)C[C@@H]32)c(-n2cccn2)c1. The van der Waals surface area contributed by atoms with Gasteiger partial charge in [-0.25, -0.2) is 13.1 Å². The lowest BCUT2D eigenvalue weighted by molar-refractivity contribution is 0.0571. The standard InChI is InChI=1S/C19H26N4O2S/c1-14-9-15(2)16(17(10-14)23-6-4-5-20-23)11-22-8-7-21(3)18-12-26(24,25)13-19(18)22/h4-6,9-10,18-19H,7-8,11-13H2,1-3H3/t18-,19+/m1/s1. The minimum Gasteiger partial charge on any atom is -0.300 e. The molecule has 1 aromatic heterocycles. The lowest BCUT2D eigenvalue weighted by Gasteiger charge is -2.42. The first-order valence-electron chi connectivity index (χ1n) is 9.09. The molecule has 2 saturated heterocycles. The highest BCUT2D eigenvalue weighted by atomic mass is 32.2. The van der Waals surface area contributed by atoms with Crippen LogP contribution in [0.1, 0.15) is 16.7 Å².